The van der Waals surface area contributed by atoms with Crippen LogP contribution < -0.4 is 4.74 Å². The van der Waals surface area contributed by atoms with E-state index in [1.165, 1.54) is 6.42 Å². The van der Waals surface area contributed by atoms with E-state index in [1.54, 1.807) is 13.4 Å². The molecule has 0 bridgehead atoms. The van der Waals surface area contributed by atoms with Gasteiger partial charge < -0.3 is 14.0 Å². The number of aryl methyl sites for hydroxylation is 2. The third kappa shape index (κ3) is 4.60. The predicted molar refractivity (Wildman–Crippen MR) is 129 cm³/mol. The molecule has 1 unspecified atom stereocenters. The molecule has 0 N–H and O–H groups in total. The SMILES string of the molecule is COc1cc(C=Cc2nc3n(n2)CCC[C@@H]3C2CCCC(C)(C)O2)ccc1-n1cnc(C)c1. The first-order chi connectivity index (χ1) is 15.9. The molecule has 1 fully saturated rings. The van der Waals surface area contributed by atoms with E-state index in [-0.39, 0.29) is 11.7 Å². The molecule has 2 aliphatic heterocycles. The minimum absolute atomic E-state index is 0.0470. The fourth-order valence-electron chi connectivity index (χ4n) is 5.10. The smallest absolute Gasteiger partial charge is 0.174 e. The molecule has 7 heteroatoms. The van der Waals surface area contributed by atoms with Crippen LogP contribution in [0.5, 0.6) is 5.75 Å². The molecule has 2 atom stereocenters. The molecule has 2 aliphatic rings. The van der Waals surface area contributed by atoms with Crippen molar-refractivity contribution < 1.29 is 9.47 Å². The largest absolute Gasteiger partial charge is 0.495 e. The van der Waals surface area contributed by atoms with Gasteiger partial charge in [-0.25, -0.2) is 14.6 Å². The van der Waals surface area contributed by atoms with E-state index < -0.39 is 0 Å². The third-order valence-corrected chi connectivity index (χ3v) is 6.74. The first-order valence-corrected chi connectivity index (χ1v) is 11.9. The standard InChI is InChI=1S/C26H33N5O2/c1-18-16-30(17-27-18)21-11-9-19(15-23(21)32-4)10-12-24-28-25-20(7-6-14-31(25)29-24)22-8-5-13-26(2,3)33-22/h9-12,15-17,20,22H,5-8,13-14H2,1-4H3/t20-,22?/m1/s1. The van der Waals surface area contributed by atoms with Gasteiger partial charge in [-0.15, -0.1) is 0 Å². The number of ether oxygens (including phenoxy) is 2. The zero-order valence-corrected chi connectivity index (χ0v) is 20.0. The zero-order valence-electron chi connectivity index (χ0n) is 20.0. The number of hydrogen-bond acceptors (Lipinski definition) is 5. The summed E-state index contributed by atoms with van der Waals surface area (Å²) < 4.78 is 16.2. The minimum Gasteiger partial charge on any atom is -0.495 e. The van der Waals surface area contributed by atoms with Crippen molar-refractivity contribution in [3.63, 3.8) is 0 Å². The van der Waals surface area contributed by atoms with Gasteiger partial charge >= 0.3 is 0 Å². The molecular weight excluding hydrogens is 414 g/mol. The van der Waals surface area contributed by atoms with E-state index in [2.05, 4.69) is 29.6 Å². The zero-order chi connectivity index (χ0) is 23.0. The van der Waals surface area contributed by atoms with Gasteiger partial charge in [0.2, 0.25) is 0 Å². The molecule has 174 valence electrons. The van der Waals surface area contributed by atoms with Gasteiger partial charge in [-0.2, -0.15) is 5.10 Å². The summed E-state index contributed by atoms with van der Waals surface area (Å²) >= 11 is 0. The topological polar surface area (TPSA) is 67.0 Å². The summed E-state index contributed by atoms with van der Waals surface area (Å²) in [5, 5.41) is 4.78. The highest BCUT2D eigenvalue weighted by Crippen LogP contribution is 2.39. The second-order valence-electron chi connectivity index (χ2n) is 9.80. The molecule has 33 heavy (non-hydrogen) atoms. The van der Waals surface area contributed by atoms with E-state index in [9.17, 15) is 0 Å². The van der Waals surface area contributed by atoms with E-state index in [0.717, 1.165) is 66.6 Å². The van der Waals surface area contributed by atoms with Gasteiger partial charge in [0.15, 0.2) is 5.82 Å². The van der Waals surface area contributed by atoms with E-state index >= 15 is 0 Å². The van der Waals surface area contributed by atoms with Gasteiger partial charge in [0.25, 0.3) is 0 Å². The molecule has 2 aromatic heterocycles. The summed E-state index contributed by atoms with van der Waals surface area (Å²) in [6.45, 7) is 7.31. The molecule has 0 saturated carbocycles. The van der Waals surface area contributed by atoms with Crippen LogP contribution in [0.4, 0.5) is 0 Å². The lowest BCUT2D eigenvalue weighted by Crippen LogP contribution is -2.40. The van der Waals surface area contributed by atoms with Crippen LogP contribution in [0.1, 0.15) is 74.8 Å². The van der Waals surface area contributed by atoms with Gasteiger partial charge in [0.1, 0.15) is 11.6 Å². The number of rotatable bonds is 5. The molecule has 3 aromatic rings. The second-order valence-corrected chi connectivity index (χ2v) is 9.80. The number of imidazole rings is 1. The normalized spacial score (nSPS) is 22.4. The highest BCUT2D eigenvalue weighted by atomic mass is 16.5. The predicted octanol–water partition coefficient (Wildman–Crippen LogP) is 5.18. The van der Waals surface area contributed by atoms with E-state index in [0.29, 0.717) is 5.92 Å². The Morgan fingerprint density at radius 2 is 2.06 bits per heavy atom. The van der Waals surface area contributed by atoms with Gasteiger partial charge in [-0.1, -0.05) is 12.1 Å². The van der Waals surface area contributed by atoms with Gasteiger partial charge in [-0.3, -0.25) is 0 Å². The highest BCUT2D eigenvalue weighted by Gasteiger charge is 2.37. The molecule has 0 aliphatic carbocycles. The number of hydrogen-bond donors (Lipinski definition) is 0. The maximum Gasteiger partial charge on any atom is 0.174 e. The van der Waals surface area contributed by atoms with Crippen molar-refractivity contribution in [3.8, 4) is 11.4 Å². The maximum atomic E-state index is 6.46. The lowest BCUT2D eigenvalue weighted by Gasteiger charge is -2.40. The molecule has 5 rings (SSSR count). The summed E-state index contributed by atoms with van der Waals surface area (Å²) in [6, 6.07) is 6.14. The summed E-state index contributed by atoms with van der Waals surface area (Å²) in [6.07, 6.45) is 13.7. The number of nitrogens with zero attached hydrogens (tertiary/aromatic N) is 5. The number of aromatic nitrogens is 5. The Kier molecular flexibility index (Phi) is 5.83. The number of fused-ring (bicyclic) bond motifs is 1. The van der Waals surface area contributed by atoms with Crippen molar-refractivity contribution in [3.05, 3.63) is 53.6 Å². The average Bonchev–Trinajstić information content (AvgIpc) is 3.42. The van der Waals surface area contributed by atoms with Crippen LogP contribution in [0.25, 0.3) is 17.8 Å². The van der Waals surface area contributed by atoms with Gasteiger partial charge in [-0.05, 0) is 76.6 Å². The molecule has 0 radical (unpaired) electrons. The minimum atomic E-state index is -0.0470. The Bertz CT molecular complexity index is 1160. The van der Waals surface area contributed by atoms with E-state index in [1.807, 2.05) is 42.0 Å². The van der Waals surface area contributed by atoms with Crippen molar-refractivity contribution in [2.24, 2.45) is 0 Å². The van der Waals surface area contributed by atoms with Crippen molar-refractivity contribution in [2.75, 3.05) is 7.11 Å². The molecular formula is C26H33N5O2. The van der Waals surface area contributed by atoms with Gasteiger partial charge in [0.05, 0.1) is 36.5 Å². The Balaban J connectivity index is 1.36. The summed E-state index contributed by atoms with van der Waals surface area (Å²) in [7, 11) is 1.69. The fourth-order valence-corrected chi connectivity index (χ4v) is 5.10. The lowest BCUT2D eigenvalue weighted by molar-refractivity contribution is -0.119. The monoisotopic (exact) mass is 447 g/mol. The summed E-state index contributed by atoms with van der Waals surface area (Å²) in [4.78, 5) is 9.23. The molecule has 7 nitrogen and oxygen atoms in total. The second kappa shape index (κ2) is 8.78. The van der Waals surface area contributed by atoms with Crippen LogP contribution in [0.15, 0.2) is 30.7 Å². The van der Waals surface area contributed by atoms with Crippen LogP contribution in [0.3, 0.4) is 0 Å². The van der Waals surface area contributed by atoms with Crippen molar-refractivity contribution in [1.82, 2.24) is 24.3 Å². The molecule has 0 spiro atoms. The number of benzene rings is 1. The quantitative estimate of drug-likeness (QED) is 0.539. The number of methoxy groups -OCH3 is 1. The van der Waals surface area contributed by atoms with E-state index in [4.69, 9.17) is 19.6 Å². The first kappa shape index (κ1) is 21.9. The van der Waals surface area contributed by atoms with Crippen LogP contribution in [0.2, 0.25) is 0 Å². The maximum absolute atomic E-state index is 6.46. The Labute approximate surface area is 195 Å². The molecule has 4 heterocycles. The van der Waals surface area contributed by atoms with Crippen LogP contribution >= 0.6 is 0 Å². The third-order valence-electron chi connectivity index (χ3n) is 6.74. The first-order valence-electron chi connectivity index (χ1n) is 11.9. The fraction of sp³-hybridized carbons (Fsp3) is 0.500. The van der Waals surface area contributed by atoms with Crippen LogP contribution in [-0.2, 0) is 11.3 Å². The van der Waals surface area contributed by atoms with Gasteiger partial charge in [0, 0.05) is 18.7 Å². The molecule has 1 saturated heterocycles. The van der Waals surface area contributed by atoms with Crippen molar-refractivity contribution in [1.29, 1.82) is 0 Å². The average molecular weight is 448 g/mol. The Morgan fingerprint density at radius 1 is 1.18 bits per heavy atom. The van der Waals surface area contributed by atoms with Crippen molar-refractivity contribution >= 4 is 12.2 Å². The van der Waals surface area contributed by atoms with Crippen molar-refractivity contribution in [2.45, 2.75) is 77.0 Å². The summed E-state index contributed by atoms with van der Waals surface area (Å²) in [5.41, 5.74) is 2.92. The molecule has 0 amide bonds. The Hall–Kier alpha value is -2.93. The van der Waals surface area contributed by atoms with Crippen LogP contribution in [0, 0.1) is 6.92 Å². The highest BCUT2D eigenvalue weighted by molar-refractivity contribution is 5.69. The Morgan fingerprint density at radius 3 is 2.82 bits per heavy atom. The lowest BCUT2D eigenvalue weighted by atomic mass is 9.85. The summed E-state index contributed by atoms with van der Waals surface area (Å²) in [5.74, 6) is 2.95. The van der Waals surface area contributed by atoms with Crippen LogP contribution in [-0.4, -0.2) is 43.1 Å². The molecule has 1 aromatic carbocycles.